The summed E-state index contributed by atoms with van der Waals surface area (Å²) in [6, 6.07) is 17.4. The fourth-order valence-electron chi connectivity index (χ4n) is 2.83. The molecule has 8 nitrogen and oxygen atoms in total. The highest BCUT2D eigenvalue weighted by Gasteiger charge is 2.18. The van der Waals surface area contributed by atoms with Gasteiger partial charge in [-0.05, 0) is 59.7 Å². The van der Waals surface area contributed by atoms with E-state index in [2.05, 4.69) is 10.1 Å². The first-order valence-electron chi connectivity index (χ1n) is 9.85. The lowest BCUT2D eigenvalue weighted by Crippen LogP contribution is -2.13. The quantitative estimate of drug-likeness (QED) is 0.318. The summed E-state index contributed by atoms with van der Waals surface area (Å²) in [6.45, 7) is 4.00. The topological polar surface area (TPSA) is 108 Å². The van der Waals surface area contributed by atoms with Crippen LogP contribution in [-0.2, 0) is 4.74 Å². The van der Waals surface area contributed by atoms with Gasteiger partial charge < -0.3 is 14.8 Å². The molecule has 32 heavy (non-hydrogen) atoms. The van der Waals surface area contributed by atoms with Crippen LogP contribution >= 0.6 is 0 Å². The number of esters is 1. The Balaban J connectivity index is 0.00000176. The van der Waals surface area contributed by atoms with E-state index in [4.69, 9.17) is 4.74 Å². The number of anilines is 1. The van der Waals surface area contributed by atoms with E-state index in [9.17, 15) is 19.7 Å². The number of nitro groups is 1. The standard InChI is InChI=1S/C22H18N2O6.C2H6/c1-29-18-10-7-15(8-11-18)21(25)23-19-13-17(9-12-20(19)24(27)28)14-3-5-16(6-4-14)22(26)30-2;1-2/h3-13H,1-2H3,(H,23,25);1-2H3. The van der Waals surface area contributed by atoms with Crippen molar-refractivity contribution in [2.24, 2.45) is 0 Å². The Labute approximate surface area is 185 Å². The van der Waals surface area contributed by atoms with Crippen LogP contribution in [0.5, 0.6) is 5.75 Å². The normalized spacial score (nSPS) is 9.75. The van der Waals surface area contributed by atoms with E-state index >= 15 is 0 Å². The van der Waals surface area contributed by atoms with Gasteiger partial charge in [0.1, 0.15) is 11.4 Å². The van der Waals surface area contributed by atoms with Crippen LogP contribution in [0.1, 0.15) is 34.6 Å². The fraction of sp³-hybridized carbons (Fsp3) is 0.167. The minimum absolute atomic E-state index is 0.0652. The zero-order valence-electron chi connectivity index (χ0n) is 18.2. The maximum absolute atomic E-state index is 12.6. The van der Waals surface area contributed by atoms with Crippen LogP contribution in [-0.4, -0.2) is 31.0 Å². The van der Waals surface area contributed by atoms with Crippen LogP contribution in [0.4, 0.5) is 11.4 Å². The van der Waals surface area contributed by atoms with E-state index in [1.807, 2.05) is 13.8 Å². The third kappa shape index (κ3) is 5.69. The van der Waals surface area contributed by atoms with Gasteiger partial charge in [0.25, 0.3) is 11.6 Å². The number of carbonyl (C=O) groups is 2. The zero-order chi connectivity index (χ0) is 23.7. The van der Waals surface area contributed by atoms with E-state index < -0.39 is 16.8 Å². The van der Waals surface area contributed by atoms with Crippen LogP contribution < -0.4 is 10.1 Å². The highest BCUT2D eigenvalue weighted by Crippen LogP contribution is 2.31. The van der Waals surface area contributed by atoms with Gasteiger partial charge in [-0.15, -0.1) is 0 Å². The van der Waals surface area contributed by atoms with Crippen molar-refractivity contribution in [3.63, 3.8) is 0 Å². The minimum Gasteiger partial charge on any atom is -0.497 e. The van der Waals surface area contributed by atoms with Crippen LogP contribution in [0.3, 0.4) is 0 Å². The summed E-state index contributed by atoms with van der Waals surface area (Å²) in [6.07, 6.45) is 0. The van der Waals surface area contributed by atoms with E-state index in [0.717, 1.165) is 5.56 Å². The Hall–Kier alpha value is -4.20. The lowest BCUT2D eigenvalue weighted by Gasteiger charge is -2.10. The fourth-order valence-corrected chi connectivity index (χ4v) is 2.83. The summed E-state index contributed by atoms with van der Waals surface area (Å²) in [4.78, 5) is 35.0. The number of methoxy groups -OCH3 is 2. The molecule has 0 aliphatic rings. The molecule has 0 spiro atoms. The van der Waals surface area contributed by atoms with Crippen molar-refractivity contribution in [3.05, 3.63) is 88.0 Å². The van der Waals surface area contributed by atoms with Gasteiger partial charge in [0, 0.05) is 11.6 Å². The highest BCUT2D eigenvalue weighted by atomic mass is 16.6. The number of carbonyl (C=O) groups excluding carboxylic acids is 2. The zero-order valence-corrected chi connectivity index (χ0v) is 18.2. The second-order valence-electron chi connectivity index (χ2n) is 6.24. The second-order valence-corrected chi connectivity index (χ2v) is 6.24. The number of nitro benzene ring substituents is 1. The van der Waals surface area contributed by atoms with Crippen molar-refractivity contribution in [1.82, 2.24) is 0 Å². The largest absolute Gasteiger partial charge is 0.497 e. The van der Waals surface area contributed by atoms with Crippen LogP contribution in [0.25, 0.3) is 11.1 Å². The molecule has 166 valence electrons. The first-order chi connectivity index (χ1) is 15.4. The molecule has 0 fully saturated rings. The molecule has 1 N–H and O–H groups in total. The molecule has 0 unspecified atom stereocenters. The van der Waals surface area contributed by atoms with Gasteiger partial charge >= 0.3 is 5.97 Å². The third-order valence-electron chi connectivity index (χ3n) is 4.43. The molecule has 0 saturated heterocycles. The number of rotatable bonds is 6. The van der Waals surface area contributed by atoms with Gasteiger partial charge in [-0.1, -0.05) is 26.0 Å². The van der Waals surface area contributed by atoms with Crippen LogP contribution in [0.15, 0.2) is 66.7 Å². The van der Waals surface area contributed by atoms with Crippen LogP contribution in [0.2, 0.25) is 0 Å². The summed E-state index contributed by atoms with van der Waals surface area (Å²) in [5, 5.41) is 14.0. The molecule has 0 aliphatic carbocycles. The van der Waals surface area contributed by atoms with E-state index in [1.54, 1.807) is 54.6 Å². The molecule has 3 rings (SSSR count). The summed E-state index contributed by atoms with van der Waals surface area (Å²) < 4.78 is 9.74. The third-order valence-corrected chi connectivity index (χ3v) is 4.43. The molecule has 0 aliphatic heterocycles. The van der Waals surface area contributed by atoms with Crippen molar-refractivity contribution in [2.45, 2.75) is 13.8 Å². The molecule has 1 amide bonds. The maximum Gasteiger partial charge on any atom is 0.337 e. The van der Waals surface area contributed by atoms with Crippen molar-refractivity contribution in [2.75, 3.05) is 19.5 Å². The number of hydrogen-bond acceptors (Lipinski definition) is 6. The average Bonchev–Trinajstić information content (AvgIpc) is 2.84. The Morgan fingerprint density at radius 2 is 1.41 bits per heavy atom. The van der Waals surface area contributed by atoms with Crippen LogP contribution in [0, 0.1) is 10.1 Å². The maximum atomic E-state index is 12.6. The molecule has 8 heteroatoms. The predicted molar refractivity (Wildman–Crippen MR) is 122 cm³/mol. The SMILES string of the molecule is CC.COC(=O)c1ccc(-c2ccc([N+](=O)[O-])c(NC(=O)c3ccc(OC)cc3)c2)cc1. The van der Waals surface area contributed by atoms with E-state index in [1.165, 1.54) is 26.4 Å². The predicted octanol–water partition coefficient (Wildman–Crippen LogP) is 5.34. The van der Waals surface area contributed by atoms with Gasteiger partial charge in [-0.3, -0.25) is 14.9 Å². The van der Waals surface area contributed by atoms with E-state index in [-0.39, 0.29) is 11.4 Å². The van der Waals surface area contributed by atoms with Gasteiger partial charge in [-0.25, -0.2) is 4.79 Å². The number of nitrogens with zero attached hydrogens (tertiary/aromatic N) is 1. The Bertz CT molecular complexity index is 1090. The molecule has 3 aromatic rings. The van der Waals surface area contributed by atoms with E-state index in [0.29, 0.717) is 22.4 Å². The van der Waals surface area contributed by atoms with Gasteiger partial charge in [-0.2, -0.15) is 0 Å². The average molecular weight is 436 g/mol. The lowest BCUT2D eigenvalue weighted by molar-refractivity contribution is -0.383. The van der Waals surface area contributed by atoms with Crippen molar-refractivity contribution in [1.29, 1.82) is 0 Å². The minimum atomic E-state index is -0.562. The number of amides is 1. The smallest absolute Gasteiger partial charge is 0.337 e. The first kappa shape index (κ1) is 24.1. The molecule has 0 radical (unpaired) electrons. The molecule has 0 saturated carbocycles. The summed E-state index contributed by atoms with van der Waals surface area (Å²) >= 11 is 0. The number of benzene rings is 3. The monoisotopic (exact) mass is 436 g/mol. The van der Waals surface area contributed by atoms with Gasteiger partial charge in [0.2, 0.25) is 0 Å². The van der Waals surface area contributed by atoms with Crippen molar-refractivity contribution >= 4 is 23.3 Å². The first-order valence-corrected chi connectivity index (χ1v) is 9.85. The molecule has 0 heterocycles. The van der Waals surface area contributed by atoms with Gasteiger partial charge in [0.15, 0.2) is 0 Å². The Morgan fingerprint density at radius 3 is 1.94 bits per heavy atom. The Kier molecular flexibility index (Phi) is 8.47. The van der Waals surface area contributed by atoms with Gasteiger partial charge in [0.05, 0.1) is 24.7 Å². The number of ether oxygens (including phenoxy) is 2. The molecule has 3 aromatic carbocycles. The highest BCUT2D eigenvalue weighted by molar-refractivity contribution is 6.05. The number of hydrogen-bond donors (Lipinski definition) is 1. The molecule has 0 bridgehead atoms. The summed E-state index contributed by atoms with van der Waals surface area (Å²) in [5.74, 6) is -0.355. The Morgan fingerprint density at radius 1 is 0.844 bits per heavy atom. The van der Waals surface area contributed by atoms with Crippen molar-refractivity contribution in [3.8, 4) is 16.9 Å². The molecule has 0 aromatic heterocycles. The molecular weight excluding hydrogens is 412 g/mol. The van der Waals surface area contributed by atoms with Crippen molar-refractivity contribution < 1.29 is 24.0 Å². The lowest BCUT2D eigenvalue weighted by atomic mass is 10.0. The molecule has 0 atom stereocenters. The molecular formula is C24H24N2O6. The second kappa shape index (κ2) is 11.3. The summed E-state index contributed by atoms with van der Waals surface area (Å²) in [7, 11) is 2.81. The summed E-state index contributed by atoms with van der Waals surface area (Å²) in [5.41, 5.74) is 1.91. The number of nitrogens with one attached hydrogen (secondary N) is 1.